The molecule has 1 aliphatic heterocycles. The van der Waals surface area contributed by atoms with Crippen LogP contribution in [0.3, 0.4) is 0 Å². The molecule has 21 heavy (non-hydrogen) atoms. The molecule has 0 saturated carbocycles. The number of imide groups is 1. The Kier molecular flexibility index (Phi) is 3.79. The van der Waals surface area contributed by atoms with Gasteiger partial charge in [-0.25, -0.2) is 9.18 Å². The minimum atomic E-state index is -1.44. The number of nitrogens with zero attached hydrogens (tertiary/aromatic N) is 1. The maximum atomic E-state index is 13.8. The third kappa shape index (κ3) is 2.64. The number of anilines is 2. The fourth-order valence-corrected chi connectivity index (χ4v) is 2.32. The zero-order chi connectivity index (χ0) is 15.7. The fraction of sp³-hybridized carbons (Fsp3) is 0.308. The lowest BCUT2D eigenvalue weighted by Gasteiger charge is -2.35. The van der Waals surface area contributed by atoms with Crippen molar-refractivity contribution >= 4 is 29.2 Å². The number of amides is 2. The molecule has 112 valence electrons. The van der Waals surface area contributed by atoms with Gasteiger partial charge in [0.05, 0.1) is 23.5 Å². The number of piperazine rings is 1. The van der Waals surface area contributed by atoms with Crippen LogP contribution in [0.4, 0.5) is 15.8 Å². The standard InChI is InChI=1S/C13H14FN3O4/c1-2-9-12(19)16-11(18)5-17(9)10-4-7(14)6(13(20)21)3-8(10)15/h3-4,9H,2,5,15H2,1H3,(H,20,21)(H,16,18,19). The van der Waals surface area contributed by atoms with E-state index in [1.165, 1.54) is 4.90 Å². The van der Waals surface area contributed by atoms with Crippen molar-refractivity contribution in [2.24, 2.45) is 0 Å². The second-order valence-corrected chi connectivity index (χ2v) is 4.66. The summed E-state index contributed by atoms with van der Waals surface area (Å²) in [4.78, 5) is 35.5. The molecule has 8 heteroatoms. The first-order valence-corrected chi connectivity index (χ1v) is 6.27. The van der Waals surface area contributed by atoms with Gasteiger partial charge in [0.1, 0.15) is 11.9 Å². The molecule has 0 aromatic heterocycles. The predicted octanol–water partition coefficient (Wildman–Crippen LogP) is 0.347. The second-order valence-electron chi connectivity index (χ2n) is 4.66. The molecule has 1 aromatic rings. The van der Waals surface area contributed by atoms with E-state index in [1.54, 1.807) is 6.92 Å². The number of hydrogen-bond acceptors (Lipinski definition) is 5. The van der Waals surface area contributed by atoms with Crippen LogP contribution < -0.4 is 16.0 Å². The Morgan fingerprint density at radius 1 is 1.52 bits per heavy atom. The van der Waals surface area contributed by atoms with Crippen molar-refractivity contribution in [1.29, 1.82) is 0 Å². The number of benzene rings is 1. The molecule has 0 radical (unpaired) electrons. The smallest absolute Gasteiger partial charge is 0.338 e. The van der Waals surface area contributed by atoms with Crippen LogP contribution in [-0.2, 0) is 9.59 Å². The van der Waals surface area contributed by atoms with E-state index in [9.17, 15) is 18.8 Å². The van der Waals surface area contributed by atoms with Crippen molar-refractivity contribution in [3.63, 3.8) is 0 Å². The largest absolute Gasteiger partial charge is 0.478 e. The van der Waals surface area contributed by atoms with E-state index in [-0.39, 0.29) is 17.9 Å². The summed E-state index contributed by atoms with van der Waals surface area (Å²) in [5.41, 5.74) is 5.32. The third-order valence-corrected chi connectivity index (χ3v) is 3.30. The molecule has 1 saturated heterocycles. The lowest BCUT2D eigenvalue weighted by Crippen LogP contribution is -2.58. The van der Waals surface area contributed by atoms with Gasteiger partial charge in [-0.05, 0) is 12.5 Å². The Bertz CT molecular complexity index is 632. The summed E-state index contributed by atoms with van der Waals surface area (Å²) < 4.78 is 13.8. The van der Waals surface area contributed by atoms with E-state index in [0.29, 0.717) is 6.42 Å². The van der Waals surface area contributed by atoms with Crippen LogP contribution in [0.1, 0.15) is 23.7 Å². The Morgan fingerprint density at radius 2 is 2.19 bits per heavy atom. The molecule has 7 nitrogen and oxygen atoms in total. The van der Waals surface area contributed by atoms with Crippen LogP contribution in [-0.4, -0.2) is 35.5 Å². The van der Waals surface area contributed by atoms with E-state index in [0.717, 1.165) is 12.1 Å². The van der Waals surface area contributed by atoms with E-state index in [2.05, 4.69) is 5.32 Å². The highest BCUT2D eigenvalue weighted by molar-refractivity contribution is 6.05. The van der Waals surface area contributed by atoms with Crippen molar-refractivity contribution < 1.29 is 23.9 Å². The number of nitrogens with one attached hydrogen (secondary N) is 1. The number of carbonyl (C=O) groups excluding carboxylic acids is 2. The molecule has 4 N–H and O–H groups in total. The molecule has 1 aliphatic rings. The SMILES string of the molecule is CCC1C(=O)NC(=O)CN1c1cc(F)c(C(=O)O)cc1N. The quantitative estimate of drug-likeness (QED) is 0.548. The van der Waals surface area contributed by atoms with Crippen molar-refractivity contribution in [1.82, 2.24) is 5.32 Å². The number of halogens is 1. The summed E-state index contributed by atoms with van der Waals surface area (Å²) in [7, 11) is 0. The number of carboxylic acids is 1. The number of nitrogen functional groups attached to an aromatic ring is 1. The first-order valence-electron chi connectivity index (χ1n) is 6.27. The van der Waals surface area contributed by atoms with Crippen molar-refractivity contribution in [3.05, 3.63) is 23.5 Å². The lowest BCUT2D eigenvalue weighted by molar-refractivity contribution is -0.132. The third-order valence-electron chi connectivity index (χ3n) is 3.30. The predicted molar refractivity (Wildman–Crippen MR) is 72.3 cm³/mol. The molecule has 1 heterocycles. The number of aromatic carboxylic acids is 1. The highest BCUT2D eigenvalue weighted by Gasteiger charge is 2.34. The molecule has 0 spiro atoms. The second kappa shape index (κ2) is 5.39. The van der Waals surface area contributed by atoms with Crippen LogP contribution in [0.2, 0.25) is 0 Å². The van der Waals surface area contributed by atoms with Crippen LogP contribution in [0.5, 0.6) is 0 Å². The average molecular weight is 295 g/mol. The van der Waals surface area contributed by atoms with Crippen LogP contribution in [0.25, 0.3) is 0 Å². The minimum absolute atomic E-state index is 0.00486. The molecular formula is C13H14FN3O4. The topological polar surface area (TPSA) is 113 Å². The molecule has 0 aliphatic carbocycles. The normalized spacial score (nSPS) is 18.6. The van der Waals surface area contributed by atoms with Gasteiger partial charge in [-0.15, -0.1) is 0 Å². The number of carbonyl (C=O) groups is 3. The van der Waals surface area contributed by atoms with E-state index in [4.69, 9.17) is 10.8 Å². The van der Waals surface area contributed by atoms with Crippen molar-refractivity contribution in [2.45, 2.75) is 19.4 Å². The van der Waals surface area contributed by atoms with Gasteiger partial charge < -0.3 is 15.7 Å². The molecule has 1 unspecified atom stereocenters. The maximum Gasteiger partial charge on any atom is 0.338 e. The zero-order valence-electron chi connectivity index (χ0n) is 11.2. The van der Waals surface area contributed by atoms with Gasteiger partial charge in [0.25, 0.3) is 0 Å². The van der Waals surface area contributed by atoms with Gasteiger partial charge in [0, 0.05) is 6.07 Å². The summed E-state index contributed by atoms with van der Waals surface area (Å²) in [5.74, 6) is -3.42. The Balaban J connectivity index is 2.49. The molecule has 0 bridgehead atoms. The Morgan fingerprint density at radius 3 is 2.76 bits per heavy atom. The molecule has 1 fully saturated rings. The first kappa shape index (κ1) is 14.8. The van der Waals surface area contributed by atoms with E-state index < -0.39 is 35.2 Å². The summed E-state index contributed by atoms with van der Waals surface area (Å²) in [5, 5.41) is 11.0. The van der Waals surface area contributed by atoms with Gasteiger partial charge in [-0.3, -0.25) is 14.9 Å². The number of carboxylic acid groups (broad SMARTS) is 1. The Labute approximate surface area is 119 Å². The van der Waals surface area contributed by atoms with Crippen molar-refractivity contribution in [3.8, 4) is 0 Å². The minimum Gasteiger partial charge on any atom is -0.478 e. The highest BCUT2D eigenvalue weighted by atomic mass is 19.1. The van der Waals surface area contributed by atoms with Crippen LogP contribution in [0.15, 0.2) is 12.1 Å². The fourth-order valence-electron chi connectivity index (χ4n) is 2.32. The monoisotopic (exact) mass is 295 g/mol. The molecule has 1 aromatic carbocycles. The van der Waals surface area contributed by atoms with Crippen molar-refractivity contribution in [2.75, 3.05) is 17.2 Å². The summed E-state index contributed by atoms with van der Waals surface area (Å²) in [6, 6.07) is 1.25. The molecule has 2 amide bonds. The number of rotatable bonds is 3. The van der Waals surface area contributed by atoms with Gasteiger partial charge in [0.2, 0.25) is 11.8 Å². The summed E-state index contributed by atoms with van der Waals surface area (Å²) >= 11 is 0. The molecule has 2 rings (SSSR count). The zero-order valence-corrected chi connectivity index (χ0v) is 11.2. The number of hydrogen-bond donors (Lipinski definition) is 3. The van der Waals surface area contributed by atoms with E-state index >= 15 is 0 Å². The van der Waals surface area contributed by atoms with Crippen LogP contribution >= 0.6 is 0 Å². The molecular weight excluding hydrogens is 281 g/mol. The van der Waals surface area contributed by atoms with Gasteiger partial charge >= 0.3 is 5.97 Å². The van der Waals surface area contributed by atoms with Gasteiger partial charge in [0.15, 0.2) is 0 Å². The Hall–Kier alpha value is -2.64. The maximum absolute atomic E-state index is 13.8. The van der Waals surface area contributed by atoms with Crippen LogP contribution in [0, 0.1) is 5.82 Å². The highest BCUT2D eigenvalue weighted by Crippen LogP contribution is 2.30. The summed E-state index contributed by atoms with van der Waals surface area (Å²) in [6.07, 6.45) is 0.390. The number of nitrogens with two attached hydrogens (primary N) is 1. The first-order chi connectivity index (χ1) is 9.85. The average Bonchev–Trinajstić information content (AvgIpc) is 2.39. The van der Waals surface area contributed by atoms with Gasteiger partial charge in [-0.1, -0.05) is 6.92 Å². The summed E-state index contributed by atoms with van der Waals surface area (Å²) in [6.45, 7) is 1.59. The van der Waals surface area contributed by atoms with E-state index in [1.807, 2.05) is 0 Å². The lowest BCUT2D eigenvalue weighted by atomic mass is 10.1. The molecule has 1 atom stereocenters. The van der Waals surface area contributed by atoms with Gasteiger partial charge in [-0.2, -0.15) is 0 Å².